The number of nitrogens with zero attached hydrogens (tertiary/aromatic N) is 2. The van der Waals surface area contributed by atoms with Crippen LogP contribution in [-0.2, 0) is 0 Å². The molecule has 0 spiro atoms. The van der Waals surface area contributed by atoms with E-state index in [9.17, 15) is 0 Å². The van der Waals surface area contributed by atoms with Crippen molar-refractivity contribution in [3.63, 3.8) is 0 Å². The molecule has 0 unspecified atom stereocenters. The van der Waals surface area contributed by atoms with Crippen molar-refractivity contribution in [3.8, 4) is 0 Å². The maximum atomic E-state index is 6.00. The van der Waals surface area contributed by atoms with Gasteiger partial charge in [0.05, 0.1) is 0 Å². The fourth-order valence-electron chi connectivity index (χ4n) is 1.60. The minimum absolute atomic E-state index is 1.07. The lowest BCUT2D eigenvalue weighted by Gasteiger charge is -2.00. The highest BCUT2D eigenvalue weighted by Gasteiger charge is 1.91. The van der Waals surface area contributed by atoms with Crippen LogP contribution in [0.4, 0.5) is 0 Å². The Morgan fingerprint density at radius 2 is 1.00 bits per heavy atom. The van der Waals surface area contributed by atoms with Crippen LogP contribution in [-0.4, -0.2) is 5.75 Å². The highest BCUT2D eigenvalue weighted by Crippen LogP contribution is 2.10. The molecule has 0 aromatic carbocycles. The van der Waals surface area contributed by atoms with Crippen molar-refractivity contribution in [2.75, 3.05) is 5.75 Å². The number of thiol groups is 1. The molecule has 0 N–H and O–H groups in total. The van der Waals surface area contributed by atoms with Crippen LogP contribution in [0.1, 0.15) is 71.1 Å². The fraction of sp³-hybridized carbons (Fsp3) is 1.00. The number of hydrogen-bond donors (Lipinski definition) is 1. The van der Waals surface area contributed by atoms with Crippen LogP contribution in [0.2, 0.25) is 0 Å². The summed E-state index contributed by atoms with van der Waals surface area (Å²) >= 11 is 4.20. The molecule has 0 aliphatic rings. The van der Waals surface area contributed by atoms with E-state index in [1.807, 2.05) is 0 Å². The first kappa shape index (κ1) is 17.2. The van der Waals surface area contributed by atoms with Gasteiger partial charge in [0.15, 0.2) is 0 Å². The summed E-state index contributed by atoms with van der Waals surface area (Å²) in [7, 11) is 0. The lowest BCUT2D eigenvalue weighted by Crippen LogP contribution is -1.81. The summed E-state index contributed by atoms with van der Waals surface area (Å²) in [5, 5.41) is 12.0. The SMILES string of the molecule is CCCCCCCCCCCCS.N#N. The fourth-order valence-corrected chi connectivity index (χ4v) is 1.82. The van der Waals surface area contributed by atoms with Crippen molar-refractivity contribution in [1.82, 2.24) is 0 Å². The maximum absolute atomic E-state index is 6.00. The summed E-state index contributed by atoms with van der Waals surface area (Å²) < 4.78 is 0. The van der Waals surface area contributed by atoms with E-state index in [-0.39, 0.29) is 0 Å². The van der Waals surface area contributed by atoms with Crippen LogP contribution in [0.5, 0.6) is 0 Å². The molecule has 0 amide bonds. The van der Waals surface area contributed by atoms with E-state index in [0.29, 0.717) is 0 Å². The zero-order valence-electron chi connectivity index (χ0n) is 10.1. The van der Waals surface area contributed by atoms with Gasteiger partial charge in [0.25, 0.3) is 0 Å². The molecule has 0 fully saturated rings. The molecule has 0 aromatic rings. The van der Waals surface area contributed by atoms with E-state index in [0.717, 1.165) is 5.75 Å². The molecule has 0 saturated carbocycles. The molecule has 0 saturated heterocycles. The first-order valence-corrected chi connectivity index (χ1v) is 6.86. The Kier molecular flexibility index (Phi) is 22.2. The highest BCUT2D eigenvalue weighted by atomic mass is 32.1. The van der Waals surface area contributed by atoms with Gasteiger partial charge >= 0.3 is 0 Å². The normalized spacial score (nSPS) is 9.33. The van der Waals surface area contributed by atoms with Gasteiger partial charge in [-0.15, -0.1) is 0 Å². The molecule has 0 aliphatic heterocycles. The van der Waals surface area contributed by atoms with Crippen LogP contribution < -0.4 is 0 Å². The summed E-state index contributed by atoms with van der Waals surface area (Å²) in [6, 6.07) is 0. The molecule has 3 heteroatoms. The van der Waals surface area contributed by atoms with E-state index in [4.69, 9.17) is 10.8 Å². The zero-order chi connectivity index (χ0) is 11.8. The van der Waals surface area contributed by atoms with Crippen LogP contribution >= 0.6 is 12.6 Å². The molecular weight excluding hydrogens is 204 g/mol. The van der Waals surface area contributed by atoms with Crippen molar-refractivity contribution in [1.29, 1.82) is 10.8 Å². The van der Waals surface area contributed by atoms with Crippen LogP contribution in [0.15, 0.2) is 0 Å². The molecule has 0 bridgehead atoms. The minimum Gasteiger partial charge on any atom is -0.179 e. The third-order valence-electron chi connectivity index (χ3n) is 2.51. The van der Waals surface area contributed by atoms with Gasteiger partial charge in [-0.05, 0) is 12.2 Å². The zero-order valence-corrected chi connectivity index (χ0v) is 11.0. The minimum atomic E-state index is 1.07. The molecule has 15 heavy (non-hydrogen) atoms. The monoisotopic (exact) mass is 230 g/mol. The Bertz CT molecular complexity index is 105. The predicted molar refractivity (Wildman–Crippen MR) is 69.1 cm³/mol. The molecule has 0 rings (SSSR count). The smallest absolute Gasteiger partial charge is 0 e. The number of hydrogen-bond acceptors (Lipinski definition) is 3. The summed E-state index contributed by atoms with van der Waals surface area (Å²) in [6.45, 7) is 2.28. The van der Waals surface area contributed by atoms with Gasteiger partial charge in [-0.3, -0.25) is 0 Å². The summed E-state index contributed by atoms with van der Waals surface area (Å²) in [4.78, 5) is 0. The summed E-state index contributed by atoms with van der Waals surface area (Å²) in [6.07, 6.45) is 14.2. The average molecular weight is 230 g/mol. The van der Waals surface area contributed by atoms with Crippen LogP contribution in [0, 0.1) is 10.8 Å². The third kappa shape index (κ3) is 20.0. The standard InChI is InChI=1S/C12H26S.N2/c1-2-3-4-5-6-7-8-9-10-11-12-13;1-2/h13H,2-12H2,1H3;. The van der Waals surface area contributed by atoms with Gasteiger partial charge in [-0.2, -0.15) is 12.6 Å². The van der Waals surface area contributed by atoms with Gasteiger partial charge in [-0.1, -0.05) is 64.7 Å². The lowest BCUT2D eigenvalue weighted by atomic mass is 10.1. The Labute approximate surface area is 101 Å². The van der Waals surface area contributed by atoms with E-state index >= 15 is 0 Å². The van der Waals surface area contributed by atoms with Gasteiger partial charge < -0.3 is 0 Å². The van der Waals surface area contributed by atoms with E-state index < -0.39 is 0 Å². The Morgan fingerprint density at radius 3 is 1.33 bits per heavy atom. The van der Waals surface area contributed by atoms with Gasteiger partial charge in [0, 0.05) is 10.8 Å². The van der Waals surface area contributed by atoms with E-state index in [2.05, 4.69) is 19.6 Å². The molecular formula is C12H26N2S. The molecule has 90 valence electrons. The van der Waals surface area contributed by atoms with Crippen molar-refractivity contribution in [3.05, 3.63) is 0 Å². The first-order chi connectivity index (χ1) is 7.41. The molecule has 0 atom stereocenters. The highest BCUT2D eigenvalue weighted by molar-refractivity contribution is 7.80. The molecule has 0 aromatic heterocycles. The summed E-state index contributed by atoms with van der Waals surface area (Å²) in [5.74, 6) is 1.07. The second-order valence-corrected chi connectivity index (χ2v) is 4.35. The quantitative estimate of drug-likeness (QED) is 0.331. The van der Waals surface area contributed by atoms with Crippen LogP contribution in [0.25, 0.3) is 0 Å². The number of unbranched alkanes of at least 4 members (excludes halogenated alkanes) is 9. The largest absolute Gasteiger partial charge is 0.179 e. The second kappa shape index (κ2) is 19.4. The Balaban J connectivity index is 0. The van der Waals surface area contributed by atoms with Crippen molar-refractivity contribution in [2.45, 2.75) is 71.1 Å². The summed E-state index contributed by atoms with van der Waals surface area (Å²) in [5.41, 5.74) is 0. The van der Waals surface area contributed by atoms with Crippen molar-refractivity contribution < 1.29 is 0 Å². The van der Waals surface area contributed by atoms with E-state index in [1.54, 1.807) is 0 Å². The van der Waals surface area contributed by atoms with Crippen molar-refractivity contribution in [2.24, 2.45) is 0 Å². The Hall–Kier alpha value is -0.230. The molecule has 0 aliphatic carbocycles. The molecule has 0 heterocycles. The second-order valence-electron chi connectivity index (χ2n) is 3.91. The van der Waals surface area contributed by atoms with Crippen LogP contribution in [0.3, 0.4) is 0 Å². The first-order valence-electron chi connectivity index (χ1n) is 6.22. The van der Waals surface area contributed by atoms with Crippen molar-refractivity contribution >= 4 is 12.6 Å². The predicted octanol–water partition coefficient (Wildman–Crippen LogP) is 4.87. The van der Waals surface area contributed by atoms with Gasteiger partial charge in [0.2, 0.25) is 0 Å². The average Bonchev–Trinajstić information content (AvgIpc) is 2.30. The Morgan fingerprint density at radius 1 is 0.667 bits per heavy atom. The maximum Gasteiger partial charge on any atom is 0 e. The molecule has 0 radical (unpaired) electrons. The molecule has 2 nitrogen and oxygen atoms in total. The van der Waals surface area contributed by atoms with Gasteiger partial charge in [-0.25, -0.2) is 0 Å². The lowest BCUT2D eigenvalue weighted by molar-refractivity contribution is 0.563. The van der Waals surface area contributed by atoms with Gasteiger partial charge in [0.1, 0.15) is 0 Å². The topological polar surface area (TPSA) is 47.6 Å². The van der Waals surface area contributed by atoms with E-state index in [1.165, 1.54) is 64.2 Å². The third-order valence-corrected chi connectivity index (χ3v) is 2.83. The number of rotatable bonds is 10.